The molecule has 1 fully saturated rings. The molecule has 0 saturated carbocycles. The van der Waals surface area contributed by atoms with E-state index in [1.807, 2.05) is 0 Å². The van der Waals surface area contributed by atoms with Gasteiger partial charge in [0.25, 0.3) is 0 Å². The van der Waals surface area contributed by atoms with Crippen LogP contribution in [0.5, 0.6) is 0 Å². The quantitative estimate of drug-likeness (QED) is 0.347. The topological polar surface area (TPSA) is 100 Å². The molecule has 19 heavy (non-hydrogen) atoms. The predicted octanol–water partition coefficient (Wildman–Crippen LogP) is -0.392. The lowest BCUT2D eigenvalue weighted by atomic mass is 10.2. The van der Waals surface area contributed by atoms with Crippen molar-refractivity contribution in [3.8, 4) is 0 Å². The maximum Gasteiger partial charge on any atom is 0.415 e. The Labute approximate surface area is 110 Å². The number of methoxy groups -OCH3 is 1. The van der Waals surface area contributed by atoms with E-state index < -0.39 is 24.1 Å². The first-order chi connectivity index (χ1) is 9.13. The average Bonchev–Trinajstić information content (AvgIpc) is 2.69. The van der Waals surface area contributed by atoms with Gasteiger partial charge in [-0.15, -0.1) is 0 Å². The fourth-order valence-corrected chi connectivity index (χ4v) is 1.38. The van der Waals surface area contributed by atoms with E-state index in [4.69, 9.17) is 14.2 Å². The van der Waals surface area contributed by atoms with Crippen LogP contribution in [0.3, 0.4) is 0 Å². The predicted molar refractivity (Wildman–Crippen MR) is 61.3 cm³/mol. The second kappa shape index (κ2) is 8.44. The third-order valence-corrected chi connectivity index (χ3v) is 2.33. The first kappa shape index (κ1) is 15.4. The molecule has 1 N–H and O–H groups in total. The fourth-order valence-electron chi connectivity index (χ4n) is 1.38. The Morgan fingerprint density at radius 1 is 1.26 bits per heavy atom. The number of nitrogens with one attached hydrogen (secondary N) is 1. The Morgan fingerprint density at radius 3 is 2.63 bits per heavy atom. The summed E-state index contributed by atoms with van der Waals surface area (Å²) in [5.74, 6) is -1.12. The monoisotopic (exact) mass is 275 g/mol. The van der Waals surface area contributed by atoms with Crippen LogP contribution in [0.15, 0.2) is 0 Å². The molecule has 1 saturated heterocycles. The molecule has 108 valence electrons. The average molecular weight is 275 g/mol. The van der Waals surface area contributed by atoms with E-state index in [0.717, 1.165) is 0 Å². The van der Waals surface area contributed by atoms with Crippen molar-refractivity contribution in [3.05, 3.63) is 0 Å². The van der Waals surface area contributed by atoms with Crippen LogP contribution in [-0.4, -0.2) is 57.6 Å². The van der Waals surface area contributed by atoms with Crippen molar-refractivity contribution in [2.24, 2.45) is 0 Å². The molecule has 1 amide bonds. The van der Waals surface area contributed by atoms with Gasteiger partial charge in [-0.3, -0.25) is 4.79 Å². The zero-order valence-corrected chi connectivity index (χ0v) is 10.7. The number of amides is 1. The maximum absolute atomic E-state index is 11.3. The molecular weight excluding hydrogens is 258 g/mol. The van der Waals surface area contributed by atoms with Gasteiger partial charge >= 0.3 is 18.0 Å². The minimum atomic E-state index is -0.782. The molecule has 0 aliphatic carbocycles. The summed E-state index contributed by atoms with van der Waals surface area (Å²) in [7, 11) is 1.57. The van der Waals surface area contributed by atoms with Crippen LogP contribution in [0.25, 0.3) is 0 Å². The summed E-state index contributed by atoms with van der Waals surface area (Å²) >= 11 is 0. The normalized spacial score (nSPS) is 18.1. The van der Waals surface area contributed by atoms with Gasteiger partial charge in [0.2, 0.25) is 0 Å². The van der Waals surface area contributed by atoms with Crippen LogP contribution < -0.4 is 5.32 Å². The van der Waals surface area contributed by atoms with Crippen LogP contribution in [0.1, 0.15) is 12.8 Å². The van der Waals surface area contributed by atoms with Gasteiger partial charge in [0, 0.05) is 13.5 Å². The first-order valence-corrected chi connectivity index (χ1v) is 5.88. The molecule has 1 aliphatic rings. The molecule has 0 radical (unpaired) electrons. The number of carbonyl (C=O) groups excluding carboxylic acids is 3. The number of esters is 2. The maximum atomic E-state index is 11.3. The molecule has 8 nitrogen and oxygen atoms in total. The van der Waals surface area contributed by atoms with Crippen molar-refractivity contribution in [2.45, 2.75) is 18.9 Å². The Balaban J connectivity index is 2.02. The fraction of sp³-hybridized carbons (Fsp3) is 0.727. The van der Waals surface area contributed by atoms with Gasteiger partial charge in [-0.2, -0.15) is 0 Å². The van der Waals surface area contributed by atoms with Gasteiger partial charge in [-0.25, -0.2) is 9.59 Å². The molecule has 0 aromatic carbocycles. The summed E-state index contributed by atoms with van der Waals surface area (Å²) in [6.45, 7) is 1.35. The molecule has 1 heterocycles. The minimum absolute atomic E-state index is 0.0259. The van der Waals surface area contributed by atoms with Crippen molar-refractivity contribution in [3.63, 3.8) is 0 Å². The molecule has 0 bridgehead atoms. The molecule has 1 aliphatic heterocycles. The summed E-state index contributed by atoms with van der Waals surface area (Å²) in [4.78, 5) is 33.1. The summed E-state index contributed by atoms with van der Waals surface area (Å²) < 4.78 is 19.0. The highest BCUT2D eigenvalue weighted by atomic mass is 16.6. The zero-order valence-electron chi connectivity index (χ0n) is 10.7. The summed E-state index contributed by atoms with van der Waals surface area (Å²) in [5.41, 5.74) is 0. The Bertz CT molecular complexity index is 331. The van der Waals surface area contributed by atoms with Crippen molar-refractivity contribution in [2.75, 3.05) is 33.5 Å². The van der Waals surface area contributed by atoms with Crippen LogP contribution >= 0.6 is 0 Å². The largest absolute Gasteiger partial charge is 0.463 e. The third kappa shape index (κ3) is 6.16. The van der Waals surface area contributed by atoms with E-state index in [1.54, 1.807) is 7.11 Å². The number of ether oxygens (including phenoxy) is 4. The number of hydrogen-bond acceptors (Lipinski definition) is 7. The van der Waals surface area contributed by atoms with E-state index in [-0.39, 0.29) is 26.1 Å². The van der Waals surface area contributed by atoms with Gasteiger partial charge in [0.05, 0.1) is 19.8 Å². The first-order valence-electron chi connectivity index (χ1n) is 5.88. The van der Waals surface area contributed by atoms with E-state index in [2.05, 4.69) is 10.1 Å². The lowest BCUT2D eigenvalue weighted by Crippen LogP contribution is -2.29. The van der Waals surface area contributed by atoms with Crippen molar-refractivity contribution < 1.29 is 33.3 Å². The molecule has 0 spiro atoms. The molecule has 8 heteroatoms. The van der Waals surface area contributed by atoms with E-state index in [9.17, 15) is 14.4 Å². The number of alkyl carbamates (subject to hydrolysis) is 1. The Hall–Kier alpha value is -1.67. The van der Waals surface area contributed by atoms with Gasteiger partial charge in [0.1, 0.15) is 12.6 Å². The number of rotatable bonds is 9. The van der Waals surface area contributed by atoms with E-state index >= 15 is 0 Å². The molecular formula is C11H17NO7. The van der Waals surface area contributed by atoms with Gasteiger partial charge in [-0.05, 0) is 6.42 Å². The zero-order chi connectivity index (χ0) is 14.1. The highest BCUT2D eigenvalue weighted by molar-refractivity contribution is 5.95. The second-order valence-corrected chi connectivity index (χ2v) is 3.77. The van der Waals surface area contributed by atoms with Gasteiger partial charge in [-0.1, -0.05) is 0 Å². The molecule has 1 atom stereocenters. The second-order valence-electron chi connectivity index (χ2n) is 3.77. The Morgan fingerprint density at radius 2 is 2.00 bits per heavy atom. The van der Waals surface area contributed by atoms with Crippen LogP contribution in [0.4, 0.5) is 4.79 Å². The van der Waals surface area contributed by atoms with Crippen LogP contribution in [0.2, 0.25) is 0 Å². The smallest absolute Gasteiger partial charge is 0.415 e. The highest BCUT2D eigenvalue weighted by Crippen LogP contribution is 2.07. The summed E-state index contributed by atoms with van der Waals surface area (Å²) in [6, 6.07) is -0.766. The van der Waals surface area contributed by atoms with Crippen LogP contribution in [-0.2, 0) is 28.5 Å². The highest BCUT2D eigenvalue weighted by Gasteiger charge is 2.32. The summed E-state index contributed by atoms with van der Waals surface area (Å²) in [5, 5.41) is 2.29. The Kier molecular flexibility index (Phi) is 6.83. The molecule has 0 aromatic rings. The summed E-state index contributed by atoms with van der Waals surface area (Å²) in [6.07, 6.45) is -0.596. The standard InChI is InChI=1S/C11H17NO7/c1-16-4-5-17-6-7-18-9(13)3-2-8-10(14)19-11(15)12-8/h8H,2-7H2,1H3,(H,12,15)/t8-/m0/s1. The SMILES string of the molecule is COCCOCCOC(=O)CC[C@@H]1NC(=O)OC1=O. The number of cyclic esters (lactones) is 2. The number of hydrogen-bond donors (Lipinski definition) is 1. The van der Waals surface area contributed by atoms with E-state index in [0.29, 0.717) is 13.2 Å². The molecule has 1 rings (SSSR count). The van der Waals surface area contributed by atoms with Crippen molar-refractivity contribution in [1.82, 2.24) is 5.32 Å². The van der Waals surface area contributed by atoms with Crippen molar-refractivity contribution in [1.29, 1.82) is 0 Å². The van der Waals surface area contributed by atoms with Gasteiger partial charge in [0.15, 0.2) is 0 Å². The van der Waals surface area contributed by atoms with Crippen molar-refractivity contribution >= 4 is 18.0 Å². The third-order valence-electron chi connectivity index (χ3n) is 2.33. The lowest BCUT2D eigenvalue weighted by Gasteiger charge is -2.07. The van der Waals surface area contributed by atoms with E-state index in [1.165, 1.54) is 0 Å². The number of carbonyl (C=O) groups is 3. The molecule has 0 unspecified atom stereocenters. The van der Waals surface area contributed by atoms with Gasteiger partial charge < -0.3 is 24.3 Å². The van der Waals surface area contributed by atoms with Crippen LogP contribution in [0, 0.1) is 0 Å². The minimum Gasteiger partial charge on any atom is -0.463 e. The molecule has 0 aromatic heterocycles. The lowest BCUT2D eigenvalue weighted by molar-refractivity contribution is -0.145.